The van der Waals surface area contributed by atoms with E-state index in [0.717, 1.165) is 0 Å². The Morgan fingerprint density at radius 2 is 1.63 bits per heavy atom. The van der Waals surface area contributed by atoms with Gasteiger partial charge in [0, 0.05) is 17.8 Å². The summed E-state index contributed by atoms with van der Waals surface area (Å²) in [5, 5.41) is 26.4. The highest BCUT2D eigenvalue weighted by Gasteiger charge is 2.09. The SMILES string of the molecule is O=C(O)COc1ccc(C#Cc2ccnc(C(=O)O)c2)c(OCC(=O)O)c1. The molecule has 27 heavy (non-hydrogen) atoms. The Labute approximate surface area is 152 Å². The lowest BCUT2D eigenvalue weighted by molar-refractivity contribution is -0.140. The maximum absolute atomic E-state index is 10.9. The van der Waals surface area contributed by atoms with Gasteiger partial charge in [-0.05, 0) is 24.3 Å². The standard InChI is InChI=1S/C18H13NO8/c20-16(21)9-26-13-4-3-12(15(8-13)27-10-17(22)23)2-1-11-5-6-19-14(7-11)18(24)25/h3-8H,9-10H2,(H,20,21)(H,22,23)(H,24,25). The first-order valence-electron chi connectivity index (χ1n) is 7.40. The summed E-state index contributed by atoms with van der Waals surface area (Å²) in [6, 6.07) is 7.06. The van der Waals surface area contributed by atoms with E-state index >= 15 is 0 Å². The average molecular weight is 371 g/mol. The van der Waals surface area contributed by atoms with Gasteiger partial charge in [0.1, 0.15) is 17.2 Å². The maximum atomic E-state index is 10.9. The fourth-order valence-corrected chi connectivity index (χ4v) is 1.86. The first-order chi connectivity index (χ1) is 12.8. The molecule has 2 aromatic rings. The van der Waals surface area contributed by atoms with Crippen molar-refractivity contribution in [1.82, 2.24) is 4.98 Å². The highest BCUT2D eigenvalue weighted by atomic mass is 16.5. The van der Waals surface area contributed by atoms with E-state index < -0.39 is 31.1 Å². The Hall–Kier alpha value is -4.06. The number of rotatable bonds is 7. The summed E-state index contributed by atoms with van der Waals surface area (Å²) in [6.07, 6.45) is 1.30. The normalized spacial score (nSPS) is 9.63. The Morgan fingerprint density at radius 1 is 0.926 bits per heavy atom. The van der Waals surface area contributed by atoms with Crippen LogP contribution in [0.2, 0.25) is 0 Å². The number of nitrogens with zero attached hydrogens (tertiary/aromatic N) is 1. The molecule has 0 atom stereocenters. The van der Waals surface area contributed by atoms with Crippen LogP contribution in [0.5, 0.6) is 11.5 Å². The molecule has 0 amide bonds. The van der Waals surface area contributed by atoms with Gasteiger partial charge in [-0.25, -0.2) is 19.4 Å². The van der Waals surface area contributed by atoms with E-state index in [4.69, 9.17) is 24.8 Å². The molecule has 0 radical (unpaired) electrons. The van der Waals surface area contributed by atoms with Gasteiger partial charge in [0.15, 0.2) is 13.2 Å². The molecule has 0 saturated heterocycles. The molecule has 0 aliphatic rings. The van der Waals surface area contributed by atoms with Crippen molar-refractivity contribution in [3.63, 3.8) is 0 Å². The zero-order chi connectivity index (χ0) is 19.8. The summed E-state index contributed by atoms with van der Waals surface area (Å²) in [5.41, 5.74) is 0.534. The first-order valence-corrected chi connectivity index (χ1v) is 7.40. The monoisotopic (exact) mass is 371 g/mol. The van der Waals surface area contributed by atoms with Crippen LogP contribution in [0.15, 0.2) is 36.5 Å². The molecule has 0 spiro atoms. The fourth-order valence-electron chi connectivity index (χ4n) is 1.86. The summed E-state index contributed by atoms with van der Waals surface area (Å²) in [5.74, 6) is 2.18. The predicted octanol–water partition coefficient (Wildman–Crippen LogP) is 1.11. The number of carboxylic acids is 3. The smallest absolute Gasteiger partial charge is 0.354 e. The van der Waals surface area contributed by atoms with Crippen molar-refractivity contribution < 1.29 is 39.2 Å². The number of hydrogen-bond acceptors (Lipinski definition) is 6. The summed E-state index contributed by atoms with van der Waals surface area (Å²) in [7, 11) is 0. The highest BCUT2D eigenvalue weighted by molar-refractivity contribution is 5.85. The first kappa shape index (κ1) is 19.3. The van der Waals surface area contributed by atoms with Gasteiger partial charge in [-0.3, -0.25) is 0 Å². The number of carboxylic acid groups (broad SMARTS) is 3. The van der Waals surface area contributed by atoms with Crippen LogP contribution in [-0.4, -0.2) is 51.4 Å². The number of pyridine rings is 1. The molecular weight excluding hydrogens is 358 g/mol. The zero-order valence-corrected chi connectivity index (χ0v) is 13.7. The Bertz CT molecular complexity index is 942. The van der Waals surface area contributed by atoms with Crippen molar-refractivity contribution in [2.75, 3.05) is 13.2 Å². The number of aromatic carboxylic acids is 1. The quantitative estimate of drug-likeness (QED) is 0.610. The zero-order valence-electron chi connectivity index (χ0n) is 13.7. The van der Waals surface area contributed by atoms with E-state index in [2.05, 4.69) is 16.8 Å². The molecule has 1 aromatic heterocycles. The van der Waals surface area contributed by atoms with Gasteiger partial charge in [0.25, 0.3) is 0 Å². The third-order valence-corrected chi connectivity index (χ3v) is 2.99. The maximum Gasteiger partial charge on any atom is 0.354 e. The van der Waals surface area contributed by atoms with Gasteiger partial charge >= 0.3 is 17.9 Å². The van der Waals surface area contributed by atoms with E-state index in [1.807, 2.05) is 0 Å². The third kappa shape index (κ3) is 6.06. The summed E-state index contributed by atoms with van der Waals surface area (Å²) in [6.45, 7) is -1.20. The van der Waals surface area contributed by atoms with Crippen LogP contribution < -0.4 is 9.47 Å². The number of aromatic nitrogens is 1. The van der Waals surface area contributed by atoms with Gasteiger partial charge in [0.05, 0.1) is 5.56 Å². The Balaban J connectivity index is 2.31. The van der Waals surface area contributed by atoms with Gasteiger partial charge in [-0.2, -0.15) is 0 Å². The van der Waals surface area contributed by atoms with Crippen molar-refractivity contribution in [2.45, 2.75) is 0 Å². The van der Waals surface area contributed by atoms with E-state index in [1.165, 1.54) is 36.5 Å². The van der Waals surface area contributed by atoms with Crippen LogP contribution in [0.1, 0.15) is 21.6 Å². The topological polar surface area (TPSA) is 143 Å². The van der Waals surface area contributed by atoms with Crippen LogP contribution in [0.4, 0.5) is 0 Å². The minimum absolute atomic E-state index is 0.0836. The van der Waals surface area contributed by atoms with Crippen LogP contribution in [0.25, 0.3) is 0 Å². The van der Waals surface area contributed by atoms with Gasteiger partial charge < -0.3 is 24.8 Å². The number of carbonyl (C=O) groups is 3. The van der Waals surface area contributed by atoms with Crippen molar-refractivity contribution in [3.8, 4) is 23.3 Å². The minimum Gasteiger partial charge on any atom is -0.482 e. The van der Waals surface area contributed by atoms with E-state index in [0.29, 0.717) is 11.1 Å². The van der Waals surface area contributed by atoms with Crippen LogP contribution >= 0.6 is 0 Å². The van der Waals surface area contributed by atoms with Gasteiger partial charge in [-0.15, -0.1) is 0 Å². The van der Waals surface area contributed by atoms with Crippen LogP contribution in [0, 0.1) is 11.8 Å². The minimum atomic E-state index is -1.20. The van der Waals surface area contributed by atoms with Crippen LogP contribution in [0.3, 0.4) is 0 Å². The van der Waals surface area contributed by atoms with Crippen LogP contribution in [-0.2, 0) is 9.59 Å². The second-order valence-electron chi connectivity index (χ2n) is 5.01. The molecule has 0 aliphatic heterocycles. The number of aliphatic carboxylic acids is 2. The molecule has 0 unspecified atom stereocenters. The number of benzene rings is 1. The highest BCUT2D eigenvalue weighted by Crippen LogP contribution is 2.24. The lowest BCUT2D eigenvalue weighted by atomic mass is 10.1. The second-order valence-corrected chi connectivity index (χ2v) is 5.01. The van der Waals surface area contributed by atoms with E-state index in [9.17, 15) is 14.4 Å². The third-order valence-electron chi connectivity index (χ3n) is 2.99. The second kappa shape index (κ2) is 8.87. The molecule has 9 nitrogen and oxygen atoms in total. The van der Waals surface area contributed by atoms with Crippen molar-refractivity contribution in [1.29, 1.82) is 0 Å². The molecule has 138 valence electrons. The molecule has 2 rings (SSSR count). The van der Waals surface area contributed by atoms with Gasteiger partial charge in [-0.1, -0.05) is 11.8 Å². The Morgan fingerprint density at radius 3 is 2.30 bits per heavy atom. The molecular formula is C18H13NO8. The largest absolute Gasteiger partial charge is 0.482 e. The lowest BCUT2D eigenvalue weighted by Gasteiger charge is -2.09. The molecule has 9 heteroatoms. The van der Waals surface area contributed by atoms with E-state index in [1.54, 1.807) is 0 Å². The molecule has 0 fully saturated rings. The van der Waals surface area contributed by atoms with Crippen molar-refractivity contribution in [2.24, 2.45) is 0 Å². The average Bonchev–Trinajstić information content (AvgIpc) is 2.63. The molecule has 0 bridgehead atoms. The molecule has 0 saturated carbocycles. The van der Waals surface area contributed by atoms with Crippen molar-refractivity contribution >= 4 is 17.9 Å². The molecule has 0 aliphatic carbocycles. The van der Waals surface area contributed by atoms with E-state index in [-0.39, 0.29) is 17.2 Å². The number of ether oxygens (including phenoxy) is 2. The van der Waals surface area contributed by atoms with Crippen molar-refractivity contribution in [3.05, 3.63) is 53.3 Å². The fraction of sp³-hybridized carbons (Fsp3) is 0.111. The lowest BCUT2D eigenvalue weighted by Crippen LogP contribution is -2.11. The Kier molecular flexibility index (Phi) is 6.33. The molecule has 3 N–H and O–H groups in total. The molecule has 1 heterocycles. The summed E-state index contributed by atoms with van der Waals surface area (Å²) in [4.78, 5) is 35.9. The summed E-state index contributed by atoms with van der Waals surface area (Å²) < 4.78 is 10.2. The predicted molar refractivity (Wildman–Crippen MR) is 89.9 cm³/mol. The summed E-state index contributed by atoms with van der Waals surface area (Å²) >= 11 is 0. The molecule has 1 aromatic carbocycles. The number of hydrogen-bond donors (Lipinski definition) is 3. The van der Waals surface area contributed by atoms with Gasteiger partial charge in [0.2, 0.25) is 0 Å².